The molecule has 0 N–H and O–H groups in total. The Balaban J connectivity index is 2.33. The van der Waals surface area contributed by atoms with Crippen LogP contribution in [-0.2, 0) is 4.87 Å². The third kappa shape index (κ3) is 3.43. The van der Waals surface area contributed by atoms with Gasteiger partial charge in [-0.15, -0.1) is 11.6 Å². The number of alkyl halides is 1. The van der Waals surface area contributed by atoms with Crippen LogP contribution in [0.1, 0.15) is 44.2 Å². The summed E-state index contributed by atoms with van der Waals surface area (Å²) in [5.41, 5.74) is 2.38. The fraction of sp³-hybridized carbons (Fsp3) is 0.368. The first-order chi connectivity index (χ1) is 9.66. The van der Waals surface area contributed by atoms with Crippen LogP contribution in [-0.4, -0.2) is 0 Å². The third-order valence-electron chi connectivity index (χ3n) is 4.14. The van der Waals surface area contributed by atoms with Crippen molar-refractivity contribution in [3.8, 4) is 0 Å². The molecule has 0 aliphatic rings. The molecule has 106 valence electrons. The van der Waals surface area contributed by atoms with E-state index in [-0.39, 0.29) is 0 Å². The van der Waals surface area contributed by atoms with Crippen LogP contribution in [0.3, 0.4) is 0 Å². The smallest absolute Gasteiger partial charge is 0.0944 e. The fourth-order valence-electron chi connectivity index (χ4n) is 2.51. The van der Waals surface area contributed by atoms with E-state index in [0.29, 0.717) is 5.92 Å². The van der Waals surface area contributed by atoms with Crippen LogP contribution in [0, 0.1) is 5.92 Å². The van der Waals surface area contributed by atoms with E-state index in [4.69, 9.17) is 11.6 Å². The molecule has 0 nitrogen and oxygen atoms in total. The molecule has 0 spiro atoms. The predicted octanol–water partition coefficient (Wildman–Crippen LogP) is 6.00. The molecule has 0 amide bonds. The normalized spacial score (nSPS) is 13.2. The SMILES string of the molecule is CCC(C)CCC(Cl)(c1ccccc1)c1ccccc1. The molecule has 20 heavy (non-hydrogen) atoms. The summed E-state index contributed by atoms with van der Waals surface area (Å²) in [6.45, 7) is 4.54. The largest absolute Gasteiger partial charge is 0.109 e. The minimum absolute atomic E-state index is 0.411. The molecule has 0 aromatic heterocycles. The van der Waals surface area contributed by atoms with E-state index in [0.717, 1.165) is 12.8 Å². The molecule has 0 fully saturated rings. The van der Waals surface area contributed by atoms with Crippen molar-refractivity contribution in [1.29, 1.82) is 0 Å². The minimum Gasteiger partial charge on any atom is -0.109 e. The average molecular weight is 287 g/mol. The quantitative estimate of drug-likeness (QED) is 0.572. The predicted molar refractivity (Wildman–Crippen MR) is 88.2 cm³/mol. The van der Waals surface area contributed by atoms with Gasteiger partial charge in [0.1, 0.15) is 0 Å². The van der Waals surface area contributed by atoms with E-state index in [2.05, 4.69) is 62.4 Å². The highest BCUT2D eigenvalue weighted by molar-refractivity contribution is 6.26. The second kappa shape index (κ2) is 6.95. The van der Waals surface area contributed by atoms with Crippen molar-refractivity contribution in [1.82, 2.24) is 0 Å². The second-order valence-electron chi connectivity index (χ2n) is 5.59. The molecular formula is C19H23Cl. The fourth-order valence-corrected chi connectivity index (χ4v) is 2.87. The van der Waals surface area contributed by atoms with Crippen molar-refractivity contribution in [2.24, 2.45) is 5.92 Å². The molecule has 0 aliphatic heterocycles. The van der Waals surface area contributed by atoms with Crippen molar-refractivity contribution in [3.05, 3.63) is 71.8 Å². The highest BCUT2D eigenvalue weighted by Crippen LogP contribution is 2.41. The van der Waals surface area contributed by atoms with Gasteiger partial charge in [0, 0.05) is 0 Å². The summed E-state index contributed by atoms with van der Waals surface area (Å²) in [7, 11) is 0. The van der Waals surface area contributed by atoms with Gasteiger partial charge in [0.25, 0.3) is 0 Å². The topological polar surface area (TPSA) is 0 Å². The van der Waals surface area contributed by atoms with E-state index >= 15 is 0 Å². The second-order valence-corrected chi connectivity index (χ2v) is 6.23. The first kappa shape index (κ1) is 15.1. The van der Waals surface area contributed by atoms with E-state index in [9.17, 15) is 0 Å². The maximum atomic E-state index is 7.09. The first-order valence-electron chi connectivity index (χ1n) is 7.46. The number of rotatable bonds is 6. The van der Waals surface area contributed by atoms with E-state index < -0.39 is 4.87 Å². The molecule has 0 saturated heterocycles. The monoisotopic (exact) mass is 286 g/mol. The molecule has 1 heteroatoms. The van der Waals surface area contributed by atoms with Gasteiger partial charge >= 0.3 is 0 Å². The Kier molecular flexibility index (Phi) is 5.25. The van der Waals surface area contributed by atoms with Gasteiger partial charge in [-0.2, -0.15) is 0 Å². The summed E-state index contributed by atoms with van der Waals surface area (Å²) in [4.78, 5) is -0.411. The summed E-state index contributed by atoms with van der Waals surface area (Å²) < 4.78 is 0. The third-order valence-corrected chi connectivity index (χ3v) is 4.77. The van der Waals surface area contributed by atoms with Gasteiger partial charge in [-0.05, 0) is 29.9 Å². The van der Waals surface area contributed by atoms with E-state index in [1.165, 1.54) is 17.5 Å². The van der Waals surface area contributed by atoms with Crippen LogP contribution in [0.25, 0.3) is 0 Å². The van der Waals surface area contributed by atoms with E-state index in [1.807, 2.05) is 12.1 Å². The van der Waals surface area contributed by atoms with Crippen LogP contribution >= 0.6 is 11.6 Å². The first-order valence-corrected chi connectivity index (χ1v) is 7.84. The molecule has 0 radical (unpaired) electrons. The van der Waals surface area contributed by atoms with Crippen molar-refractivity contribution in [3.63, 3.8) is 0 Å². The average Bonchev–Trinajstić information content (AvgIpc) is 2.54. The number of hydrogen-bond donors (Lipinski definition) is 0. The molecule has 0 saturated carbocycles. The highest BCUT2D eigenvalue weighted by Gasteiger charge is 2.31. The molecule has 1 atom stereocenters. The Hall–Kier alpha value is -1.27. The minimum atomic E-state index is -0.411. The number of hydrogen-bond acceptors (Lipinski definition) is 0. The molecule has 0 heterocycles. The summed E-state index contributed by atoms with van der Waals surface area (Å²) in [6.07, 6.45) is 3.32. The Labute approximate surface area is 127 Å². The van der Waals surface area contributed by atoms with Gasteiger partial charge in [0.05, 0.1) is 4.87 Å². The summed E-state index contributed by atoms with van der Waals surface area (Å²) in [5, 5.41) is 0. The van der Waals surface area contributed by atoms with Crippen LogP contribution < -0.4 is 0 Å². The van der Waals surface area contributed by atoms with E-state index in [1.54, 1.807) is 0 Å². The van der Waals surface area contributed by atoms with Crippen LogP contribution in [0.4, 0.5) is 0 Å². The van der Waals surface area contributed by atoms with Gasteiger partial charge in [-0.3, -0.25) is 0 Å². The van der Waals surface area contributed by atoms with Crippen molar-refractivity contribution < 1.29 is 0 Å². The number of halogens is 1. The summed E-state index contributed by atoms with van der Waals surface area (Å²) >= 11 is 7.09. The Bertz CT molecular complexity index is 464. The zero-order chi connectivity index (χ0) is 14.4. The maximum Gasteiger partial charge on any atom is 0.0944 e. The lowest BCUT2D eigenvalue weighted by atomic mass is 9.84. The van der Waals surface area contributed by atoms with Crippen molar-refractivity contribution >= 4 is 11.6 Å². The molecule has 2 aromatic rings. The molecule has 1 unspecified atom stereocenters. The zero-order valence-electron chi connectivity index (χ0n) is 12.4. The van der Waals surface area contributed by atoms with Gasteiger partial charge in [-0.25, -0.2) is 0 Å². The molecular weight excluding hydrogens is 264 g/mol. The van der Waals surface area contributed by atoms with Crippen LogP contribution in [0.5, 0.6) is 0 Å². The van der Waals surface area contributed by atoms with Crippen molar-refractivity contribution in [2.75, 3.05) is 0 Å². The lowest BCUT2D eigenvalue weighted by molar-refractivity contribution is 0.460. The van der Waals surface area contributed by atoms with Gasteiger partial charge < -0.3 is 0 Å². The Morgan fingerprint density at radius 2 is 1.35 bits per heavy atom. The van der Waals surface area contributed by atoms with Gasteiger partial charge in [0.2, 0.25) is 0 Å². The van der Waals surface area contributed by atoms with Crippen LogP contribution in [0.15, 0.2) is 60.7 Å². The lowest BCUT2D eigenvalue weighted by Crippen LogP contribution is -2.21. The Morgan fingerprint density at radius 3 is 1.75 bits per heavy atom. The summed E-state index contributed by atoms with van der Waals surface area (Å²) in [6, 6.07) is 20.9. The molecule has 0 bridgehead atoms. The highest BCUT2D eigenvalue weighted by atomic mass is 35.5. The van der Waals surface area contributed by atoms with Gasteiger partial charge in [-0.1, -0.05) is 80.9 Å². The van der Waals surface area contributed by atoms with Gasteiger partial charge in [0.15, 0.2) is 0 Å². The van der Waals surface area contributed by atoms with Crippen molar-refractivity contribution in [2.45, 2.75) is 38.0 Å². The standard InChI is InChI=1S/C19H23Cl/c1-3-16(2)14-15-19(20,17-10-6-4-7-11-17)18-12-8-5-9-13-18/h4-13,16H,3,14-15H2,1-2H3. The molecule has 0 aliphatic carbocycles. The maximum absolute atomic E-state index is 7.09. The molecule has 2 rings (SSSR count). The summed E-state index contributed by atoms with van der Waals surface area (Å²) in [5.74, 6) is 0.709. The zero-order valence-corrected chi connectivity index (χ0v) is 13.1. The lowest BCUT2D eigenvalue weighted by Gasteiger charge is -2.29. The Morgan fingerprint density at radius 1 is 0.900 bits per heavy atom. The number of benzene rings is 2. The van der Waals surface area contributed by atoms with Crippen LogP contribution in [0.2, 0.25) is 0 Å². The molecule has 2 aromatic carbocycles.